The van der Waals surface area contributed by atoms with Gasteiger partial charge in [0.25, 0.3) is 0 Å². The van der Waals surface area contributed by atoms with Crippen LogP contribution in [0.2, 0.25) is 0 Å². The number of phenols is 1. The number of phenolic OH excluding ortho intramolecular Hbond substituents is 1. The van der Waals surface area contributed by atoms with Crippen LogP contribution in [0.1, 0.15) is 0 Å². The third-order valence-electron chi connectivity index (χ3n) is 5.20. The van der Waals surface area contributed by atoms with Crippen molar-refractivity contribution in [1.82, 2.24) is 19.7 Å². The Bertz CT molecular complexity index is 1170. The molecule has 0 bridgehead atoms. The van der Waals surface area contributed by atoms with E-state index in [1.807, 2.05) is 18.2 Å². The molecule has 1 aliphatic heterocycles. The molecule has 0 spiro atoms. The summed E-state index contributed by atoms with van der Waals surface area (Å²) in [5, 5.41) is 15.3. The molecule has 0 saturated carbocycles. The third kappa shape index (κ3) is 3.12. The molecule has 2 aromatic carbocycles. The zero-order valence-electron chi connectivity index (χ0n) is 15.6. The molecule has 1 N–H and O–H groups in total. The van der Waals surface area contributed by atoms with E-state index in [0.717, 1.165) is 43.1 Å². The molecule has 0 radical (unpaired) electrons. The SMILES string of the molecule is Oc1ccccc1N1CCN(c2ncnc3c2cnn3-c2cccc(F)c2)CC1. The molecule has 5 rings (SSSR count). The van der Waals surface area contributed by atoms with E-state index in [9.17, 15) is 9.50 Å². The van der Waals surface area contributed by atoms with Crippen molar-refractivity contribution < 1.29 is 9.50 Å². The van der Waals surface area contributed by atoms with Crippen LogP contribution in [0.5, 0.6) is 5.75 Å². The summed E-state index contributed by atoms with van der Waals surface area (Å²) in [6.45, 7) is 3.04. The van der Waals surface area contributed by atoms with Gasteiger partial charge < -0.3 is 14.9 Å². The van der Waals surface area contributed by atoms with E-state index in [1.165, 1.54) is 18.5 Å². The first-order valence-corrected chi connectivity index (χ1v) is 9.43. The van der Waals surface area contributed by atoms with E-state index in [-0.39, 0.29) is 5.82 Å². The summed E-state index contributed by atoms with van der Waals surface area (Å²) >= 11 is 0. The van der Waals surface area contributed by atoms with Crippen LogP contribution in [-0.4, -0.2) is 51.0 Å². The van der Waals surface area contributed by atoms with E-state index >= 15 is 0 Å². The largest absolute Gasteiger partial charge is 0.506 e. The number of halogens is 1. The number of piperazine rings is 1. The number of hydrogen-bond donors (Lipinski definition) is 1. The van der Waals surface area contributed by atoms with Gasteiger partial charge in [0.1, 0.15) is 23.7 Å². The maximum Gasteiger partial charge on any atom is 0.168 e. The first-order chi connectivity index (χ1) is 14.2. The highest BCUT2D eigenvalue weighted by Gasteiger charge is 2.22. The van der Waals surface area contributed by atoms with Crippen LogP contribution in [0, 0.1) is 5.82 Å². The monoisotopic (exact) mass is 390 g/mol. The smallest absolute Gasteiger partial charge is 0.168 e. The van der Waals surface area contributed by atoms with Gasteiger partial charge in [-0.3, -0.25) is 0 Å². The minimum Gasteiger partial charge on any atom is -0.506 e. The normalized spacial score (nSPS) is 14.5. The van der Waals surface area contributed by atoms with Crippen molar-refractivity contribution in [2.75, 3.05) is 36.0 Å². The van der Waals surface area contributed by atoms with Crippen molar-refractivity contribution in [3.05, 3.63) is 66.9 Å². The summed E-state index contributed by atoms with van der Waals surface area (Å²) in [5.74, 6) is 0.789. The second kappa shape index (κ2) is 7.05. The minimum absolute atomic E-state index is 0.293. The number of fused-ring (bicyclic) bond motifs is 1. The highest BCUT2D eigenvalue weighted by molar-refractivity contribution is 5.87. The van der Waals surface area contributed by atoms with Gasteiger partial charge in [-0.2, -0.15) is 5.10 Å². The third-order valence-corrected chi connectivity index (χ3v) is 5.20. The van der Waals surface area contributed by atoms with Crippen molar-refractivity contribution in [2.45, 2.75) is 0 Å². The van der Waals surface area contributed by atoms with Crippen LogP contribution in [0.4, 0.5) is 15.9 Å². The zero-order valence-corrected chi connectivity index (χ0v) is 15.6. The Morgan fingerprint density at radius 1 is 0.897 bits per heavy atom. The van der Waals surface area contributed by atoms with Crippen LogP contribution in [-0.2, 0) is 0 Å². The Morgan fingerprint density at radius 3 is 2.48 bits per heavy atom. The van der Waals surface area contributed by atoms with Gasteiger partial charge in [-0.15, -0.1) is 0 Å². The topological polar surface area (TPSA) is 70.3 Å². The number of nitrogens with zero attached hydrogens (tertiary/aromatic N) is 6. The van der Waals surface area contributed by atoms with Crippen molar-refractivity contribution in [1.29, 1.82) is 0 Å². The molecule has 7 nitrogen and oxygen atoms in total. The van der Waals surface area contributed by atoms with Crippen LogP contribution in [0.3, 0.4) is 0 Å². The lowest BCUT2D eigenvalue weighted by molar-refractivity contribution is 0.472. The van der Waals surface area contributed by atoms with E-state index in [4.69, 9.17) is 0 Å². The summed E-state index contributed by atoms with van der Waals surface area (Å²) in [4.78, 5) is 13.2. The Balaban J connectivity index is 1.43. The molecule has 146 valence electrons. The number of anilines is 2. The molecular weight excluding hydrogens is 371 g/mol. The fraction of sp³-hybridized carbons (Fsp3) is 0.190. The molecule has 29 heavy (non-hydrogen) atoms. The average molecular weight is 390 g/mol. The lowest BCUT2D eigenvalue weighted by atomic mass is 10.2. The van der Waals surface area contributed by atoms with E-state index < -0.39 is 0 Å². The van der Waals surface area contributed by atoms with Gasteiger partial charge >= 0.3 is 0 Å². The highest BCUT2D eigenvalue weighted by atomic mass is 19.1. The number of hydrogen-bond acceptors (Lipinski definition) is 6. The Hall–Kier alpha value is -3.68. The van der Waals surface area contributed by atoms with Gasteiger partial charge in [-0.05, 0) is 30.3 Å². The van der Waals surface area contributed by atoms with Crippen molar-refractivity contribution in [3.8, 4) is 11.4 Å². The summed E-state index contributed by atoms with van der Waals surface area (Å²) < 4.78 is 15.3. The standard InChI is InChI=1S/C21H19FN6O/c22-15-4-3-5-16(12-15)28-21-17(13-25-28)20(23-14-24-21)27-10-8-26(9-11-27)18-6-1-2-7-19(18)29/h1-7,12-14,29H,8-11H2. The Labute approximate surface area is 166 Å². The molecule has 2 aromatic heterocycles. The van der Waals surface area contributed by atoms with Gasteiger partial charge in [0.2, 0.25) is 0 Å². The first-order valence-electron chi connectivity index (χ1n) is 9.43. The van der Waals surface area contributed by atoms with E-state index in [2.05, 4.69) is 24.9 Å². The number of benzene rings is 2. The van der Waals surface area contributed by atoms with Gasteiger partial charge in [0.05, 0.1) is 23.0 Å². The maximum absolute atomic E-state index is 13.6. The zero-order chi connectivity index (χ0) is 19.8. The molecule has 1 aliphatic rings. The van der Waals surface area contributed by atoms with Gasteiger partial charge in [0, 0.05) is 26.2 Å². The molecule has 1 saturated heterocycles. The summed E-state index contributed by atoms with van der Waals surface area (Å²) in [7, 11) is 0. The molecule has 4 aromatic rings. The number of aromatic nitrogens is 4. The van der Waals surface area contributed by atoms with Gasteiger partial charge in [-0.1, -0.05) is 18.2 Å². The van der Waals surface area contributed by atoms with E-state index in [1.54, 1.807) is 29.1 Å². The molecular formula is C21H19FN6O. The first kappa shape index (κ1) is 17.4. The second-order valence-corrected chi connectivity index (χ2v) is 6.93. The fourth-order valence-corrected chi connectivity index (χ4v) is 3.77. The molecule has 0 amide bonds. The number of aromatic hydroxyl groups is 1. The molecule has 1 fully saturated rings. The summed E-state index contributed by atoms with van der Waals surface area (Å²) in [6.07, 6.45) is 3.25. The van der Waals surface area contributed by atoms with Gasteiger partial charge in [-0.25, -0.2) is 19.0 Å². The molecule has 8 heteroatoms. The number of rotatable bonds is 3. The quantitative estimate of drug-likeness (QED) is 0.580. The average Bonchev–Trinajstić information content (AvgIpc) is 3.19. The fourth-order valence-electron chi connectivity index (χ4n) is 3.77. The summed E-state index contributed by atoms with van der Waals surface area (Å²) in [5.41, 5.74) is 2.11. The minimum atomic E-state index is -0.319. The molecule has 0 aliphatic carbocycles. The van der Waals surface area contributed by atoms with E-state index in [0.29, 0.717) is 17.1 Å². The Morgan fingerprint density at radius 2 is 1.69 bits per heavy atom. The van der Waals surface area contributed by atoms with Crippen LogP contribution >= 0.6 is 0 Å². The predicted molar refractivity (Wildman–Crippen MR) is 109 cm³/mol. The van der Waals surface area contributed by atoms with Gasteiger partial charge in [0.15, 0.2) is 5.65 Å². The lowest BCUT2D eigenvalue weighted by Gasteiger charge is -2.37. The second-order valence-electron chi connectivity index (χ2n) is 6.93. The van der Waals surface area contributed by atoms with Crippen molar-refractivity contribution in [3.63, 3.8) is 0 Å². The summed E-state index contributed by atoms with van der Waals surface area (Å²) in [6, 6.07) is 13.7. The highest BCUT2D eigenvalue weighted by Crippen LogP contribution is 2.30. The number of para-hydroxylation sites is 2. The van der Waals surface area contributed by atoms with Crippen LogP contribution in [0.25, 0.3) is 16.7 Å². The van der Waals surface area contributed by atoms with Crippen LogP contribution < -0.4 is 9.80 Å². The maximum atomic E-state index is 13.6. The molecule has 0 atom stereocenters. The Kier molecular flexibility index (Phi) is 4.23. The molecule has 0 unspecified atom stereocenters. The lowest BCUT2D eigenvalue weighted by Crippen LogP contribution is -2.46. The van der Waals surface area contributed by atoms with Crippen molar-refractivity contribution >= 4 is 22.5 Å². The molecule has 3 heterocycles. The van der Waals surface area contributed by atoms with Crippen LogP contribution in [0.15, 0.2) is 61.1 Å². The predicted octanol–water partition coefficient (Wildman–Crippen LogP) is 2.99. The van der Waals surface area contributed by atoms with Crippen molar-refractivity contribution in [2.24, 2.45) is 0 Å².